The molecule has 2 aliphatic heterocycles. The van der Waals surface area contributed by atoms with Crippen molar-refractivity contribution >= 4 is 0 Å². The molecular weight excluding hydrogens is 160 g/mol. The van der Waals surface area contributed by atoms with Gasteiger partial charge in [-0.05, 0) is 20.8 Å². The molecule has 0 saturated carbocycles. The Kier molecular flexibility index (Phi) is 1.70. The molecule has 4 nitrogen and oxygen atoms in total. The second kappa shape index (κ2) is 2.42. The monoisotopic (exact) mass is 174 g/mol. The third kappa shape index (κ3) is 1.15. The topological polar surface area (TPSA) is 47.9 Å². The lowest BCUT2D eigenvalue weighted by Gasteiger charge is -2.20. The Hall–Kier alpha value is -0.160. The Morgan fingerprint density at radius 1 is 1.17 bits per heavy atom. The van der Waals surface area contributed by atoms with E-state index in [-0.39, 0.29) is 18.3 Å². The molecule has 4 atom stereocenters. The van der Waals surface area contributed by atoms with Gasteiger partial charge in [-0.1, -0.05) is 0 Å². The van der Waals surface area contributed by atoms with Gasteiger partial charge in [0, 0.05) is 0 Å². The van der Waals surface area contributed by atoms with Gasteiger partial charge < -0.3 is 19.3 Å². The van der Waals surface area contributed by atoms with Crippen LogP contribution in [0.4, 0.5) is 0 Å². The highest BCUT2D eigenvalue weighted by Gasteiger charge is 2.53. The van der Waals surface area contributed by atoms with Gasteiger partial charge in [-0.3, -0.25) is 0 Å². The van der Waals surface area contributed by atoms with Crippen molar-refractivity contribution in [1.29, 1.82) is 0 Å². The predicted molar refractivity (Wildman–Crippen MR) is 40.4 cm³/mol. The predicted octanol–water partition coefficient (Wildman–Crippen LogP) is 0.244. The summed E-state index contributed by atoms with van der Waals surface area (Å²) in [6.07, 6.45) is -1.39. The third-order valence-corrected chi connectivity index (χ3v) is 2.26. The minimum Gasteiger partial charge on any atom is -0.366 e. The molecule has 70 valence electrons. The SMILES string of the molecule is C[C@H]1OC(O)C2OC(C)(C)O[C@@H]21. The van der Waals surface area contributed by atoms with E-state index >= 15 is 0 Å². The second-order valence-corrected chi connectivity index (χ2v) is 3.80. The fraction of sp³-hybridized carbons (Fsp3) is 1.00. The maximum absolute atomic E-state index is 9.37. The minimum absolute atomic E-state index is 0.0909. The highest BCUT2D eigenvalue weighted by Crippen LogP contribution is 2.37. The molecule has 2 aliphatic rings. The van der Waals surface area contributed by atoms with Crippen LogP contribution in [-0.4, -0.2) is 35.5 Å². The first kappa shape index (κ1) is 8.44. The molecule has 0 radical (unpaired) electrons. The molecule has 0 aromatic rings. The molecular formula is C8H14O4. The molecule has 2 saturated heterocycles. The standard InChI is InChI=1S/C8H14O4/c1-4-5-6(7(9)10-4)12-8(2,3)11-5/h4-7,9H,1-3H3/t4-,5-,6?,7?/m1/s1. The quantitative estimate of drug-likeness (QED) is 0.571. The molecule has 2 fully saturated rings. The van der Waals surface area contributed by atoms with E-state index < -0.39 is 12.1 Å². The van der Waals surface area contributed by atoms with Crippen molar-refractivity contribution < 1.29 is 19.3 Å². The van der Waals surface area contributed by atoms with E-state index in [4.69, 9.17) is 14.2 Å². The van der Waals surface area contributed by atoms with Crippen molar-refractivity contribution in [1.82, 2.24) is 0 Å². The van der Waals surface area contributed by atoms with Crippen molar-refractivity contribution in [3.05, 3.63) is 0 Å². The summed E-state index contributed by atoms with van der Waals surface area (Å²) in [5.41, 5.74) is 0. The smallest absolute Gasteiger partial charge is 0.184 e. The van der Waals surface area contributed by atoms with E-state index in [1.807, 2.05) is 20.8 Å². The summed E-state index contributed by atoms with van der Waals surface area (Å²) in [4.78, 5) is 0. The first-order chi connectivity index (χ1) is 5.49. The largest absolute Gasteiger partial charge is 0.366 e. The Labute approximate surface area is 71.4 Å². The van der Waals surface area contributed by atoms with Gasteiger partial charge in [-0.15, -0.1) is 0 Å². The molecule has 0 bridgehead atoms. The first-order valence-electron chi connectivity index (χ1n) is 4.19. The van der Waals surface area contributed by atoms with Crippen LogP contribution in [0.3, 0.4) is 0 Å². The number of hydrogen-bond acceptors (Lipinski definition) is 4. The zero-order valence-electron chi connectivity index (χ0n) is 7.48. The van der Waals surface area contributed by atoms with E-state index in [0.29, 0.717) is 0 Å². The Bertz CT molecular complexity index is 173. The van der Waals surface area contributed by atoms with Crippen LogP contribution in [0.1, 0.15) is 20.8 Å². The molecule has 4 heteroatoms. The van der Waals surface area contributed by atoms with Gasteiger partial charge in [0.05, 0.1) is 6.10 Å². The number of ether oxygens (including phenoxy) is 3. The van der Waals surface area contributed by atoms with Crippen LogP contribution in [0.25, 0.3) is 0 Å². The van der Waals surface area contributed by atoms with Gasteiger partial charge in [0.1, 0.15) is 12.2 Å². The molecule has 2 rings (SSSR count). The summed E-state index contributed by atoms with van der Waals surface area (Å²) in [6.45, 7) is 5.55. The number of aliphatic hydroxyl groups is 1. The lowest BCUT2D eigenvalue weighted by Crippen LogP contribution is -2.29. The summed E-state index contributed by atoms with van der Waals surface area (Å²) in [5, 5.41) is 9.37. The van der Waals surface area contributed by atoms with Crippen molar-refractivity contribution in [3.63, 3.8) is 0 Å². The van der Waals surface area contributed by atoms with Crippen LogP contribution in [-0.2, 0) is 14.2 Å². The summed E-state index contributed by atoms with van der Waals surface area (Å²) < 4.78 is 16.1. The van der Waals surface area contributed by atoms with Crippen LogP contribution >= 0.6 is 0 Å². The van der Waals surface area contributed by atoms with E-state index in [9.17, 15) is 5.11 Å². The number of rotatable bonds is 0. The van der Waals surface area contributed by atoms with Crippen LogP contribution in [0.5, 0.6) is 0 Å². The normalized spacial score (nSPS) is 51.0. The molecule has 2 heterocycles. The lowest BCUT2D eigenvalue weighted by molar-refractivity contribution is -0.217. The lowest BCUT2D eigenvalue weighted by atomic mass is 10.2. The van der Waals surface area contributed by atoms with Crippen molar-refractivity contribution in [2.75, 3.05) is 0 Å². The summed E-state index contributed by atoms with van der Waals surface area (Å²) in [6, 6.07) is 0. The number of aliphatic hydroxyl groups excluding tert-OH is 1. The van der Waals surface area contributed by atoms with Crippen LogP contribution in [0.15, 0.2) is 0 Å². The van der Waals surface area contributed by atoms with Gasteiger partial charge >= 0.3 is 0 Å². The van der Waals surface area contributed by atoms with Gasteiger partial charge in [0.25, 0.3) is 0 Å². The van der Waals surface area contributed by atoms with E-state index in [1.165, 1.54) is 0 Å². The van der Waals surface area contributed by atoms with E-state index in [2.05, 4.69) is 0 Å². The average molecular weight is 174 g/mol. The van der Waals surface area contributed by atoms with Crippen LogP contribution < -0.4 is 0 Å². The second-order valence-electron chi connectivity index (χ2n) is 3.80. The Balaban J connectivity index is 2.15. The molecule has 0 amide bonds. The summed E-state index contributed by atoms with van der Waals surface area (Å²) >= 11 is 0. The number of fused-ring (bicyclic) bond motifs is 1. The molecule has 2 unspecified atom stereocenters. The maximum Gasteiger partial charge on any atom is 0.184 e. The van der Waals surface area contributed by atoms with E-state index in [0.717, 1.165) is 0 Å². The zero-order chi connectivity index (χ0) is 8.93. The van der Waals surface area contributed by atoms with Crippen molar-refractivity contribution in [3.8, 4) is 0 Å². The number of hydrogen-bond donors (Lipinski definition) is 1. The maximum atomic E-state index is 9.37. The van der Waals surface area contributed by atoms with Crippen LogP contribution in [0.2, 0.25) is 0 Å². The molecule has 0 aromatic heterocycles. The highest BCUT2D eigenvalue weighted by atomic mass is 16.8. The summed E-state index contributed by atoms with van der Waals surface area (Å²) in [5.74, 6) is -0.589. The fourth-order valence-electron chi connectivity index (χ4n) is 1.78. The van der Waals surface area contributed by atoms with Gasteiger partial charge in [0.2, 0.25) is 0 Å². The third-order valence-electron chi connectivity index (χ3n) is 2.26. The molecule has 0 aromatic carbocycles. The zero-order valence-corrected chi connectivity index (χ0v) is 7.48. The van der Waals surface area contributed by atoms with Crippen LogP contribution in [0, 0.1) is 0 Å². The minimum atomic E-state index is -0.841. The molecule has 12 heavy (non-hydrogen) atoms. The van der Waals surface area contributed by atoms with Gasteiger partial charge in [-0.2, -0.15) is 0 Å². The van der Waals surface area contributed by atoms with Crippen molar-refractivity contribution in [2.45, 2.75) is 51.2 Å². The fourth-order valence-corrected chi connectivity index (χ4v) is 1.78. The Morgan fingerprint density at radius 3 is 2.33 bits per heavy atom. The highest BCUT2D eigenvalue weighted by molar-refractivity contribution is 4.92. The molecule has 1 N–H and O–H groups in total. The first-order valence-corrected chi connectivity index (χ1v) is 4.19. The molecule has 0 spiro atoms. The van der Waals surface area contributed by atoms with E-state index in [1.54, 1.807) is 0 Å². The van der Waals surface area contributed by atoms with Gasteiger partial charge in [0.15, 0.2) is 12.1 Å². The van der Waals surface area contributed by atoms with Crippen molar-refractivity contribution in [2.24, 2.45) is 0 Å². The Morgan fingerprint density at radius 2 is 1.75 bits per heavy atom. The van der Waals surface area contributed by atoms with Gasteiger partial charge in [-0.25, -0.2) is 0 Å². The average Bonchev–Trinajstić information content (AvgIpc) is 2.34. The summed E-state index contributed by atoms with van der Waals surface area (Å²) in [7, 11) is 0. The molecule has 0 aliphatic carbocycles.